The van der Waals surface area contributed by atoms with Crippen molar-refractivity contribution in [3.63, 3.8) is 0 Å². The second kappa shape index (κ2) is 8.09. The first kappa shape index (κ1) is 18.7. The maximum absolute atomic E-state index is 11.9. The SMILES string of the molecule is CCC(C)(CNC(=O)NC(CN(C)C)C(C)C)C(=O)O. The van der Waals surface area contributed by atoms with E-state index in [1.165, 1.54) is 0 Å². The second-order valence-corrected chi connectivity index (χ2v) is 6.16. The Kier molecular flexibility index (Phi) is 7.57. The van der Waals surface area contributed by atoms with E-state index in [-0.39, 0.29) is 18.6 Å². The molecule has 0 aliphatic rings. The fourth-order valence-corrected chi connectivity index (χ4v) is 1.66. The summed E-state index contributed by atoms with van der Waals surface area (Å²) < 4.78 is 0. The van der Waals surface area contributed by atoms with E-state index < -0.39 is 11.4 Å². The summed E-state index contributed by atoms with van der Waals surface area (Å²) in [5, 5.41) is 14.7. The Morgan fingerprint density at radius 2 is 1.85 bits per heavy atom. The molecule has 118 valence electrons. The minimum absolute atomic E-state index is 0.0303. The molecule has 2 unspecified atom stereocenters. The second-order valence-electron chi connectivity index (χ2n) is 6.16. The number of carbonyl (C=O) groups excluding carboxylic acids is 1. The van der Waals surface area contributed by atoms with Gasteiger partial charge in [0.25, 0.3) is 0 Å². The third-order valence-corrected chi connectivity index (χ3v) is 3.62. The smallest absolute Gasteiger partial charge is 0.315 e. The van der Waals surface area contributed by atoms with Crippen LogP contribution in [0.15, 0.2) is 0 Å². The van der Waals surface area contributed by atoms with E-state index in [1.807, 2.05) is 32.8 Å². The van der Waals surface area contributed by atoms with Crippen molar-refractivity contribution in [1.29, 1.82) is 0 Å². The topological polar surface area (TPSA) is 81.7 Å². The average molecular weight is 287 g/mol. The molecule has 3 N–H and O–H groups in total. The molecule has 0 aromatic carbocycles. The van der Waals surface area contributed by atoms with Crippen LogP contribution < -0.4 is 10.6 Å². The lowest BCUT2D eigenvalue weighted by Gasteiger charge is -2.27. The summed E-state index contributed by atoms with van der Waals surface area (Å²) in [7, 11) is 3.90. The quantitative estimate of drug-likeness (QED) is 0.630. The predicted octanol–water partition coefficient (Wildman–Crippen LogP) is 1.37. The van der Waals surface area contributed by atoms with Gasteiger partial charge >= 0.3 is 12.0 Å². The van der Waals surface area contributed by atoms with Gasteiger partial charge in [0.1, 0.15) is 0 Å². The third kappa shape index (κ3) is 6.23. The minimum atomic E-state index is -0.924. The Hall–Kier alpha value is -1.30. The predicted molar refractivity (Wildman–Crippen MR) is 79.7 cm³/mol. The first-order valence-corrected chi connectivity index (χ1v) is 7.05. The lowest BCUT2D eigenvalue weighted by atomic mass is 9.88. The van der Waals surface area contributed by atoms with Crippen LogP contribution in [0.25, 0.3) is 0 Å². The highest BCUT2D eigenvalue weighted by atomic mass is 16.4. The summed E-state index contributed by atoms with van der Waals surface area (Å²) in [5.74, 6) is -0.589. The van der Waals surface area contributed by atoms with E-state index in [1.54, 1.807) is 13.8 Å². The Labute approximate surface area is 121 Å². The van der Waals surface area contributed by atoms with Gasteiger partial charge in [-0.05, 0) is 33.4 Å². The zero-order chi connectivity index (χ0) is 15.9. The van der Waals surface area contributed by atoms with Crippen LogP contribution in [-0.4, -0.2) is 55.2 Å². The van der Waals surface area contributed by atoms with Crippen LogP contribution in [-0.2, 0) is 4.79 Å². The highest BCUT2D eigenvalue weighted by molar-refractivity contribution is 5.77. The molecule has 2 atom stereocenters. The fourth-order valence-electron chi connectivity index (χ4n) is 1.66. The molecule has 0 aliphatic carbocycles. The number of carboxylic acid groups (broad SMARTS) is 1. The molecule has 2 amide bonds. The molecule has 6 nitrogen and oxygen atoms in total. The lowest BCUT2D eigenvalue weighted by Crippen LogP contribution is -2.51. The summed E-state index contributed by atoms with van der Waals surface area (Å²) in [6, 6.07) is -0.283. The van der Waals surface area contributed by atoms with Crippen molar-refractivity contribution in [2.24, 2.45) is 11.3 Å². The van der Waals surface area contributed by atoms with Crippen LogP contribution in [0.4, 0.5) is 4.79 Å². The van der Waals surface area contributed by atoms with Gasteiger partial charge in [-0.2, -0.15) is 0 Å². The Bertz CT molecular complexity index is 332. The van der Waals surface area contributed by atoms with Crippen LogP contribution >= 0.6 is 0 Å². The maximum atomic E-state index is 11.9. The largest absolute Gasteiger partial charge is 0.481 e. The molecular weight excluding hydrogens is 258 g/mol. The van der Waals surface area contributed by atoms with Gasteiger partial charge in [0.2, 0.25) is 0 Å². The number of nitrogens with one attached hydrogen (secondary N) is 2. The number of hydrogen-bond acceptors (Lipinski definition) is 3. The standard InChI is InChI=1S/C14H29N3O3/c1-7-14(4,12(18)19)9-15-13(20)16-11(10(2)3)8-17(5)6/h10-11H,7-9H2,1-6H3,(H,18,19)(H2,15,16,20). The van der Waals surface area contributed by atoms with Gasteiger partial charge in [0.15, 0.2) is 0 Å². The Morgan fingerprint density at radius 3 is 2.20 bits per heavy atom. The van der Waals surface area contributed by atoms with E-state index >= 15 is 0 Å². The van der Waals surface area contributed by atoms with E-state index in [4.69, 9.17) is 5.11 Å². The number of likely N-dealkylation sites (N-methyl/N-ethyl adjacent to an activating group) is 1. The number of aliphatic carboxylic acids is 1. The number of rotatable bonds is 8. The van der Waals surface area contributed by atoms with Gasteiger partial charge in [-0.1, -0.05) is 20.8 Å². The van der Waals surface area contributed by atoms with Crippen LogP contribution in [0, 0.1) is 11.3 Å². The molecule has 0 aromatic rings. The summed E-state index contributed by atoms with van der Waals surface area (Å²) in [5.41, 5.74) is -0.924. The number of nitrogens with zero attached hydrogens (tertiary/aromatic N) is 1. The molecule has 0 fully saturated rings. The normalized spacial score (nSPS) is 15.8. The lowest BCUT2D eigenvalue weighted by molar-refractivity contribution is -0.147. The van der Waals surface area contributed by atoms with E-state index in [0.717, 1.165) is 6.54 Å². The molecule has 0 spiro atoms. The van der Waals surface area contributed by atoms with Crippen molar-refractivity contribution in [1.82, 2.24) is 15.5 Å². The molecule has 0 rings (SSSR count). The highest BCUT2D eigenvalue weighted by Crippen LogP contribution is 2.19. The summed E-state index contributed by atoms with van der Waals surface area (Å²) in [6.07, 6.45) is 0.466. The van der Waals surface area contributed by atoms with Crippen LogP contribution in [0.2, 0.25) is 0 Å². The summed E-state index contributed by atoms with van der Waals surface area (Å²) >= 11 is 0. The number of amides is 2. The van der Waals surface area contributed by atoms with Crippen molar-refractivity contribution in [3.8, 4) is 0 Å². The molecular formula is C14H29N3O3. The van der Waals surface area contributed by atoms with Gasteiger partial charge < -0.3 is 20.6 Å². The summed E-state index contributed by atoms with van der Waals surface area (Å²) in [4.78, 5) is 25.1. The number of urea groups is 1. The molecule has 0 heterocycles. The van der Waals surface area contributed by atoms with Crippen molar-refractivity contribution < 1.29 is 14.7 Å². The maximum Gasteiger partial charge on any atom is 0.315 e. The van der Waals surface area contributed by atoms with Crippen LogP contribution in [0.3, 0.4) is 0 Å². The molecule has 0 aromatic heterocycles. The van der Waals surface area contributed by atoms with Crippen LogP contribution in [0.5, 0.6) is 0 Å². The minimum Gasteiger partial charge on any atom is -0.481 e. The van der Waals surface area contributed by atoms with E-state index in [0.29, 0.717) is 12.3 Å². The molecule has 0 saturated carbocycles. The molecule has 0 saturated heterocycles. The fraction of sp³-hybridized carbons (Fsp3) is 0.857. The third-order valence-electron chi connectivity index (χ3n) is 3.62. The number of hydrogen-bond donors (Lipinski definition) is 3. The number of carbonyl (C=O) groups is 2. The van der Waals surface area contributed by atoms with Crippen molar-refractivity contribution >= 4 is 12.0 Å². The Balaban J connectivity index is 4.43. The van der Waals surface area contributed by atoms with Gasteiger partial charge in [-0.25, -0.2) is 4.79 Å². The molecule has 0 radical (unpaired) electrons. The average Bonchev–Trinajstić information content (AvgIpc) is 2.34. The number of carboxylic acids is 1. The summed E-state index contributed by atoms with van der Waals surface area (Å²) in [6.45, 7) is 8.39. The van der Waals surface area contributed by atoms with Crippen molar-refractivity contribution in [2.75, 3.05) is 27.2 Å². The first-order valence-electron chi connectivity index (χ1n) is 7.05. The zero-order valence-corrected chi connectivity index (χ0v) is 13.5. The van der Waals surface area contributed by atoms with Gasteiger partial charge in [0, 0.05) is 19.1 Å². The Morgan fingerprint density at radius 1 is 1.30 bits per heavy atom. The van der Waals surface area contributed by atoms with Crippen molar-refractivity contribution in [2.45, 2.75) is 40.2 Å². The van der Waals surface area contributed by atoms with Gasteiger partial charge in [-0.15, -0.1) is 0 Å². The monoisotopic (exact) mass is 287 g/mol. The zero-order valence-electron chi connectivity index (χ0n) is 13.5. The van der Waals surface area contributed by atoms with Gasteiger partial charge in [0.05, 0.1) is 5.41 Å². The highest BCUT2D eigenvalue weighted by Gasteiger charge is 2.31. The van der Waals surface area contributed by atoms with Crippen LogP contribution in [0.1, 0.15) is 34.1 Å². The van der Waals surface area contributed by atoms with E-state index in [2.05, 4.69) is 10.6 Å². The van der Waals surface area contributed by atoms with E-state index in [9.17, 15) is 9.59 Å². The first-order chi connectivity index (χ1) is 9.12. The molecule has 0 aliphatic heterocycles. The molecule has 6 heteroatoms. The molecule has 0 bridgehead atoms. The van der Waals surface area contributed by atoms with Gasteiger partial charge in [-0.3, -0.25) is 4.79 Å². The van der Waals surface area contributed by atoms with Crippen molar-refractivity contribution in [3.05, 3.63) is 0 Å². The molecule has 20 heavy (non-hydrogen) atoms.